The van der Waals surface area contributed by atoms with Crippen LogP contribution in [0.1, 0.15) is 51.8 Å². The van der Waals surface area contributed by atoms with Crippen LogP contribution in [-0.2, 0) is 27.3 Å². The molecule has 3 N–H and O–H groups in total. The number of aromatic amines is 1. The highest BCUT2D eigenvalue weighted by Gasteiger charge is 2.32. The van der Waals surface area contributed by atoms with E-state index < -0.39 is 17.4 Å². The molecule has 5 rings (SSSR count). The Kier molecular flexibility index (Phi) is 5.78. The number of carbonyl (C=O) groups excluding carboxylic acids is 3. The number of hydrogen-bond donors (Lipinski definition) is 3. The molecule has 2 aliphatic rings. The molecule has 0 bridgehead atoms. The molecule has 1 atom stereocenters. The second kappa shape index (κ2) is 8.90. The van der Waals surface area contributed by atoms with Gasteiger partial charge in [0.1, 0.15) is 10.6 Å². The normalized spacial score (nSPS) is 17.1. The molecule has 3 aromatic rings. The minimum Gasteiger partial charge on any atom is -0.482 e. The van der Waals surface area contributed by atoms with Crippen molar-refractivity contribution < 1.29 is 23.9 Å². The molecule has 0 saturated carbocycles. The first-order valence-electron chi connectivity index (χ1n) is 10.9. The predicted octanol–water partition coefficient (Wildman–Crippen LogP) is 2.23. The van der Waals surface area contributed by atoms with Gasteiger partial charge in [-0.15, -0.1) is 11.3 Å². The number of hydrogen-bond acceptors (Lipinski definition) is 8. The van der Waals surface area contributed by atoms with Crippen molar-refractivity contribution in [3.05, 3.63) is 50.4 Å². The topological polar surface area (TPSA) is 139 Å². The summed E-state index contributed by atoms with van der Waals surface area (Å²) in [6.45, 7) is 0.131. The number of fused-ring (bicyclic) bond motifs is 4. The van der Waals surface area contributed by atoms with Crippen molar-refractivity contribution in [3.8, 4) is 5.75 Å². The van der Waals surface area contributed by atoms with E-state index in [9.17, 15) is 19.2 Å². The van der Waals surface area contributed by atoms with Gasteiger partial charge < -0.3 is 25.1 Å². The second-order valence-corrected chi connectivity index (χ2v) is 9.29. The van der Waals surface area contributed by atoms with Crippen LogP contribution < -0.4 is 20.9 Å². The summed E-state index contributed by atoms with van der Waals surface area (Å²) in [4.78, 5) is 58.0. The van der Waals surface area contributed by atoms with Crippen LogP contribution in [-0.4, -0.2) is 41.5 Å². The van der Waals surface area contributed by atoms with E-state index in [-0.39, 0.29) is 30.9 Å². The lowest BCUT2D eigenvalue weighted by Crippen LogP contribution is -2.28. The third-order valence-electron chi connectivity index (χ3n) is 6.00. The average Bonchev–Trinajstić information content (AvgIpc) is 3.07. The number of aryl methyl sites for hydroxylation is 1. The van der Waals surface area contributed by atoms with Gasteiger partial charge in [0.2, 0.25) is 5.82 Å². The summed E-state index contributed by atoms with van der Waals surface area (Å²) in [6, 6.07) is 5.22. The van der Waals surface area contributed by atoms with E-state index in [1.54, 1.807) is 18.2 Å². The highest BCUT2D eigenvalue weighted by molar-refractivity contribution is 7.18. The zero-order chi connectivity index (χ0) is 23.8. The van der Waals surface area contributed by atoms with Crippen molar-refractivity contribution in [2.75, 3.05) is 19.0 Å². The van der Waals surface area contributed by atoms with Crippen LogP contribution in [0.3, 0.4) is 0 Å². The second-order valence-electron chi connectivity index (χ2n) is 8.21. The zero-order valence-corrected chi connectivity index (χ0v) is 19.2. The van der Waals surface area contributed by atoms with Crippen molar-refractivity contribution in [1.29, 1.82) is 0 Å². The van der Waals surface area contributed by atoms with Gasteiger partial charge in [-0.25, -0.2) is 4.98 Å². The summed E-state index contributed by atoms with van der Waals surface area (Å²) in [5, 5.41) is 5.82. The fourth-order valence-corrected chi connectivity index (χ4v) is 5.68. The Balaban J connectivity index is 1.40. The molecule has 10 nitrogen and oxygen atoms in total. The first-order chi connectivity index (χ1) is 16.4. The van der Waals surface area contributed by atoms with E-state index in [4.69, 9.17) is 9.47 Å². The fraction of sp³-hybridized carbons (Fsp3) is 0.348. The molecule has 0 spiro atoms. The van der Waals surface area contributed by atoms with Crippen LogP contribution in [0.2, 0.25) is 0 Å². The molecule has 2 aromatic heterocycles. The third kappa shape index (κ3) is 4.03. The van der Waals surface area contributed by atoms with Crippen molar-refractivity contribution in [3.63, 3.8) is 0 Å². The average molecular weight is 483 g/mol. The number of H-pyrrole nitrogens is 1. The van der Waals surface area contributed by atoms with Gasteiger partial charge in [-0.2, -0.15) is 0 Å². The van der Waals surface area contributed by atoms with Gasteiger partial charge in [-0.3, -0.25) is 19.2 Å². The van der Waals surface area contributed by atoms with Gasteiger partial charge in [-0.1, -0.05) is 12.5 Å². The molecule has 1 unspecified atom stereocenters. The summed E-state index contributed by atoms with van der Waals surface area (Å²) < 4.78 is 10.3. The van der Waals surface area contributed by atoms with Crippen LogP contribution in [0.25, 0.3) is 10.2 Å². The number of nitrogens with zero attached hydrogens (tertiary/aromatic N) is 1. The molecule has 34 heavy (non-hydrogen) atoms. The summed E-state index contributed by atoms with van der Waals surface area (Å²) in [6.07, 6.45) is 3.14. The lowest BCUT2D eigenvalue weighted by atomic mass is 9.94. The molecular formula is C23H22N4O6S. The first kappa shape index (κ1) is 22.1. The Labute approximate surface area is 197 Å². The molecule has 1 aliphatic carbocycles. The molecule has 3 heterocycles. The highest BCUT2D eigenvalue weighted by atomic mass is 32.1. The predicted molar refractivity (Wildman–Crippen MR) is 124 cm³/mol. The lowest BCUT2D eigenvalue weighted by Gasteiger charge is -2.18. The monoisotopic (exact) mass is 482 g/mol. The summed E-state index contributed by atoms with van der Waals surface area (Å²) in [5.74, 6) is -1.19. The number of amides is 2. The SMILES string of the molecule is COC(=O)C1CCCCc2sc3nc(C(=O)NCc4ccc5c(c4)NC(=O)CO5)[nH]c(=O)c3c21. The molecule has 1 aliphatic heterocycles. The largest absolute Gasteiger partial charge is 0.482 e. The lowest BCUT2D eigenvalue weighted by molar-refractivity contribution is -0.142. The molecule has 0 radical (unpaired) electrons. The standard InChI is InChI=1S/C23H22N4O6S/c1-32-23(31)12-4-2-3-5-15-17(12)18-20(29)26-19(27-22(18)34-15)21(30)24-9-11-6-7-14-13(8-11)25-16(28)10-33-14/h6-8,12H,2-5,9-10H2,1H3,(H,24,30)(H,25,28)(H,26,27,29). The first-order valence-corrected chi connectivity index (χ1v) is 11.7. The Bertz CT molecular complexity index is 1380. The molecule has 0 saturated heterocycles. The maximum atomic E-state index is 13.0. The van der Waals surface area contributed by atoms with Gasteiger partial charge in [0, 0.05) is 11.4 Å². The number of rotatable bonds is 4. The number of esters is 1. The number of aromatic nitrogens is 2. The van der Waals surface area contributed by atoms with E-state index in [1.165, 1.54) is 18.4 Å². The third-order valence-corrected chi connectivity index (χ3v) is 7.16. The number of anilines is 1. The molecular weight excluding hydrogens is 460 g/mol. The van der Waals surface area contributed by atoms with Gasteiger partial charge >= 0.3 is 5.97 Å². The molecule has 11 heteroatoms. The zero-order valence-electron chi connectivity index (χ0n) is 18.4. The van der Waals surface area contributed by atoms with Crippen LogP contribution >= 0.6 is 11.3 Å². The van der Waals surface area contributed by atoms with Crippen molar-refractivity contribution >= 4 is 45.0 Å². The molecule has 176 valence electrons. The number of carbonyl (C=O) groups is 3. The van der Waals surface area contributed by atoms with E-state index in [2.05, 4.69) is 20.6 Å². The number of thiophene rings is 1. The fourth-order valence-electron chi connectivity index (χ4n) is 4.40. The van der Waals surface area contributed by atoms with E-state index in [0.29, 0.717) is 33.6 Å². The summed E-state index contributed by atoms with van der Waals surface area (Å²) in [5.41, 5.74) is 1.52. The maximum Gasteiger partial charge on any atom is 0.313 e. The highest BCUT2D eigenvalue weighted by Crippen LogP contribution is 2.40. The summed E-state index contributed by atoms with van der Waals surface area (Å²) in [7, 11) is 1.34. The maximum absolute atomic E-state index is 13.0. The van der Waals surface area contributed by atoms with E-state index in [0.717, 1.165) is 29.7 Å². The quantitative estimate of drug-likeness (QED) is 0.383. The number of methoxy groups -OCH3 is 1. The molecule has 0 fully saturated rings. The number of ether oxygens (including phenoxy) is 2. The van der Waals surface area contributed by atoms with Crippen LogP contribution in [0, 0.1) is 0 Å². The van der Waals surface area contributed by atoms with Crippen LogP contribution in [0.4, 0.5) is 5.69 Å². The minimum atomic E-state index is -0.537. The van der Waals surface area contributed by atoms with Crippen molar-refractivity contribution in [1.82, 2.24) is 15.3 Å². The number of nitrogens with one attached hydrogen (secondary N) is 3. The van der Waals surface area contributed by atoms with Crippen molar-refractivity contribution in [2.24, 2.45) is 0 Å². The molecule has 1 aromatic carbocycles. The minimum absolute atomic E-state index is 0.0306. The van der Waals surface area contributed by atoms with Gasteiger partial charge in [0.25, 0.3) is 17.4 Å². The molecule has 2 amide bonds. The van der Waals surface area contributed by atoms with Gasteiger partial charge in [-0.05, 0) is 42.5 Å². The van der Waals surface area contributed by atoms with Gasteiger partial charge in [0.15, 0.2) is 6.61 Å². The summed E-state index contributed by atoms with van der Waals surface area (Å²) >= 11 is 1.35. The Hall–Kier alpha value is -3.73. The van der Waals surface area contributed by atoms with Crippen LogP contribution in [0.5, 0.6) is 5.75 Å². The van der Waals surface area contributed by atoms with Gasteiger partial charge in [0.05, 0.1) is 24.1 Å². The Morgan fingerprint density at radius 1 is 1.29 bits per heavy atom. The van der Waals surface area contributed by atoms with E-state index in [1.807, 2.05) is 0 Å². The van der Waals surface area contributed by atoms with E-state index >= 15 is 0 Å². The number of benzene rings is 1. The van der Waals surface area contributed by atoms with Crippen LogP contribution in [0.15, 0.2) is 23.0 Å². The Morgan fingerprint density at radius 2 is 2.15 bits per heavy atom. The smallest absolute Gasteiger partial charge is 0.313 e. The van der Waals surface area contributed by atoms with Crippen molar-refractivity contribution in [2.45, 2.75) is 38.1 Å². The Morgan fingerprint density at radius 3 is 2.97 bits per heavy atom.